The van der Waals surface area contributed by atoms with E-state index in [0.29, 0.717) is 16.7 Å². The van der Waals surface area contributed by atoms with Crippen LogP contribution < -0.4 is 0 Å². The van der Waals surface area contributed by atoms with Gasteiger partial charge in [-0.3, -0.25) is 14.5 Å². The summed E-state index contributed by atoms with van der Waals surface area (Å²) < 4.78 is 0. The largest absolute Gasteiger partial charge is 0.269 e. The fourth-order valence-electron chi connectivity index (χ4n) is 1.93. The van der Waals surface area contributed by atoms with Crippen molar-refractivity contribution >= 4 is 11.8 Å². The van der Waals surface area contributed by atoms with Gasteiger partial charge in [0.2, 0.25) is 0 Å². The van der Waals surface area contributed by atoms with Gasteiger partial charge in [-0.2, -0.15) is 5.26 Å². The highest BCUT2D eigenvalue weighted by molar-refractivity contribution is 6.19. The predicted molar refractivity (Wildman–Crippen MR) is 65.0 cm³/mol. The molecule has 0 saturated carbocycles. The van der Waals surface area contributed by atoms with Crippen LogP contribution in [0.15, 0.2) is 41.5 Å². The molecule has 1 aromatic carbocycles. The van der Waals surface area contributed by atoms with Gasteiger partial charge in [-0.25, -0.2) is 0 Å². The average molecular weight is 240 g/mol. The van der Waals surface area contributed by atoms with E-state index in [9.17, 15) is 14.9 Å². The zero-order valence-corrected chi connectivity index (χ0v) is 10.2. The Morgan fingerprint density at radius 1 is 1.06 bits per heavy atom. The molecule has 0 bridgehead atoms. The number of nitrogens with zero attached hydrogens (tertiary/aromatic N) is 2. The molecule has 0 aliphatic carbocycles. The van der Waals surface area contributed by atoms with Gasteiger partial charge in [0.05, 0.1) is 6.07 Å². The lowest BCUT2D eigenvalue weighted by Gasteiger charge is -2.21. The monoisotopic (exact) mass is 240 g/mol. The van der Waals surface area contributed by atoms with E-state index in [2.05, 4.69) is 0 Å². The van der Waals surface area contributed by atoms with Crippen LogP contribution in [0.3, 0.4) is 0 Å². The first-order chi connectivity index (χ1) is 8.57. The van der Waals surface area contributed by atoms with E-state index >= 15 is 0 Å². The van der Waals surface area contributed by atoms with E-state index in [1.807, 2.05) is 12.1 Å². The molecule has 0 fully saturated rings. The van der Waals surface area contributed by atoms with Crippen molar-refractivity contribution in [2.45, 2.75) is 19.9 Å². The van der Waals surface area contributed by atoms with Gasteiger partial charge in [0, 0.05) is 11.1 Å². The lowest BCUT2D eigenvalue weighted by molar-refractivity contribution is -0.139. The van der Waals surface area contributed by atoms with Gasteiger partial charge in [0.1, 0.15) is 0 Å². The van der Waals surface area contributed by atoms with Crippen molar-refractivity contribution in [3.05, 3.63) is 47.0 Å². The minimum atomic E-state index is -0.862. The number of hydrogen-bond acceptors (Lipinski definition) is 3. The predicted octanol–water partition coefficient (Wildman–Crippen LogP) is 1.96. The number of imide groups is 1. The van der Waals surface area contributed by atoms with Gasteiger partial charge in [-0.15, -0.1) is 0 Å². The molecule has 4 heteroatoms. The molecule has 4 nitrogen and oxygen atoms in total. The summed E-state index contributed by atoms with van der Waals surface area (Å²) in [6, 6.07) is 10.00. The molecule has 1 unspecified atom stereocenters. The van der Waals surface area contributed by atoms with Crippen LogP contribution in [0.1, 0.15) is 25.5 Å². The first-order valence-electron chi connectivity index (χ1n) is 5.58. The average Bonchev–Trinajstić information content (AvgIpc) is 2.59. The molecule has 90 valence electrons. The number of hydrogen-bond donors (Lipinski definition) is 0. The molecule has 0 spiro atoms. The van der Waals surface area contributed by atoms with Gasteiger partial charge in [-0.05, 0) is 19.4 Å². The Morgan fingerprint density at radius 3 is 2.00 bits per heavy atom. The second-order valence-electron chi connectivity index (χ2n) is 4.17. The molecule has 2 amide bonds. The van der Waals surface area contributed by atoms with Crippen molar-refractivity contribution in [1.29, 1.82) is 5.26 Å². The van der Waals surface area contributed by atoms with Crippen LogP contribution in [0.25, 0.3) is 0 Å². The van der Waals surface area contributed by atoms with Gasteiger partial charge < -0.3 is 0 Å². The van der Waals surface area contributed by atoms with Crippen molar-refractivity contribution in [2.75, 3.05) is 0 Å². The first kappa shape index (κ1) is 12.1. The van der Waals surface area contributed by atoms with Crippen LogP contribution in [0.5, 0.6) is 0 Å². The lowest BCUT2D eigenvalue weighted by Crippen LogP contribution is -2.34. The smallest absolute Gasteiger partial charge is 0.258 e. The Morgan fingerprint density at radius 2 is 1.56 bits per heavy atom. The molecule has 1 heterocycles. The molecular weight excluding hydrogens is 228 g/mol. The minimum Gasteiger partial charge on any atom is -0.269 e. The van der Waals surface area contributed by atoms with E-state index in [-0.39, 0.29) is 11.8 Å². The Hall–Kier alpha value is -2.41. The maximum atomic E-state index is 12.0. The second kappa shape index (κ2) is 4.46. The van der Waals surface area contributed by atoms with Gasteiger partial charge in [0.15, 0.2) is 6.04 Å². The molecule has 2 rings (SSSR count). The summed E-state index contributed by atoms with van der Waals surface area (Å²) in [6.45, 7) is 3.21. The van der Waals surface area contributed by atoms with E-state index in [4.69, 9.17) is 0 Å². The van der Waals surface area contributed by atoms with Crippen LogP contribution >= 0.6 is 0 Å². The number of benzene rings is 1. The Balaban J connectivity index is 2.42. The maximum absolute atomic E-state index is 12.0. The Bertz CT molecular complexity index is 558. The summed E-state index contributed by atoms with van der Waals surface area (Å²) >= 11 is 0. The summed E-state index contributed by atoms with van der Waals surface area (Å²) in [5.41, 5.74) is 1.47. The summed E-state index contributed by atoms with van der Waals surface area (Å²) in [5, 5.41) is 9.23. The molecule has 1 aliphatic heterocycles. The highest BCUT2D eigenvalue weighted by Gasteiger charge is 2.38. The molecule has 1 aromatic rings. The number of carbonyl (C=O) groups excluding carboxylic acids is 2. The zero-order chi connectivity index (χ0) is 13.3. The molecule has 0 N–H and O–H groups in total. The van der Waals surface area contributed by atoms with Crippen molar-refractivity contribution in [2.24, 2.45) is 0 Å². The molecule has 0 saturated heterocycles. The SMILES string of the molecule is CC1=C(C)C(=O)N(C(C#N)c2ccccc2)C1=O. The van der Waals surface area contributed by atoms with E-state index in [1.54, 1.807) is 38.1 Å². The third kappa shape index (κ3) is 1.70. The summed E-state index contributed by atoms with van der Waals surface area (Å²) in [4.78, 5) is 25.0. The molecule has 1 atom stereocenters. The van der Waals surface area contributed by atoms with Gasteiger partial charge >= 0.3 is 0 Å². The topological polar surface area (TPSA) is 61.2 Å². The second-order valence-corrected chi connectivity index (χ2v) is 4.17. The number of amides is 2. The Labute approximate surface area is 105 Å². The number of carbonyl (C=O) groups is 2. The fourth-order valence-corrected chi connectivity index (χ4v) is 1.93. The lowest BCUT2D eigenvalue weighted by atomic mass is 10.1. The van der Waals surface area contributed by atoms with Crippen molar-refractivity contribution in [3.8, 4) is 6.07 Å². The molecule has 1 aliphatic rings. The molecular formula is C14H12N2O2. The normalized spacial score (nSPS) is 17.1. The third-order valence-electron chi connectivity index (χ3n) is 3.14. The molecule has 18 heavy (non-hydrogen) atoms. The molecule has 0 aromatic heterocycles. The summed E-state index contributed by atoms with van der Waals surface area (Å²) in [5.74, 6) is -0.763. The Kier molecular flexibility index (Phi) is 2.99. The van der Waals surface area contributed by atoms with Gasteiger partial charge in [-0.1, -0.05) is 30.3 Å². The quantitative estimate of drug-likeness (QED) is 0.742. The highest BCUT2D eigenvalue weighted by Crippen LogP contribution is 2.29. The maximum Gasteiger partial charge on any atom is 0.258 e. The third-order valence-corrected chi connectivity index (χ3v) is 3.14. The minimum absolute atomic E-state index is 0.382. The zero-order valence-electron chi connectivity index (χ0n) is 10.2. The van der Waals surface area contributed by atoms with Gasteiger partial charge in [0.25, 0.3) is 11.8 Å². The van der Waals surface area contributed by atoms with Crippen LogP contribution in [0.4, 0.5) is 0 Å². The van der Waals surface area contributed by atoms with Crippen LogP contribution in [0.2, 0.25) is 0 Å². The standard InChI is InChI=1S/C14H12N2O2/c1-9-10(2)14(18)16(13(9)17)12(8-15)11-6-4-3-5-7-11/h3-7,12H,1-2H3. The van der Waals surface area contributed by atoms with E-state index in [1.165, 1.54) is 0 Å². The van der Waals surface area contributed by atoms with Crippen molar-refractivity contribution in [1.82, 2.24) is 4.90 Å². The first-order valence-corrected chi connectivity index (χ1v) is 5.58. The van der Waals surface area contributed by atoms with Crippen LogP contribution in [-0.4, -0.2) is 16.7 Å². The van der Waals surface area contributed by atoms with Crippen LogP contribution in [0, 0.1) is 11.3 Å². The van der Waals surface area contributed by atoms with Crippen molar-refractivity contribution < 1.29 is 9.59 Å². The molecule has 0 radical (unpaired) electrons. The highest BCUT2D eigenvalue weighted by atomic mass is 16.2. The number of nitriles is 1. The van der Waals surface area contributed by atoms with E-state index < -0.39 is 6.04 Å². The van der Waals surface area contributed by atoms with Crippen molar-refractivity contribution in [3.63, 3.8) is 0 Å². The van der Waals surface area contributed by atoms with Crippen LogP contribution in [-0.2, 0) is 9.59 Å². The fraction of sp³-hybridized carbons (Fsp3) is 0.214. The number of rotatable bonds is 2. The summed E-state index contributed by atoms with van der Waals surface area (Å²) in [6.07, 6.45) is 0. The van der Waals surface area contributed by atoms with E-state index in [0.717, 1.165) is 4.90 Å². The summed E-state index contributed by atoms with van der Waals surface area (Å²) in [7, 11) is 0.